The minimum absolute atomic E-state index is 0.102. The van der Waals surface area contributed by atoms with Crippen molar-refractivity contribution in [3.63, 3.8) is 0 Å². The quantitative estimate of drug-likeness (QED) is 0.554. The van der Waals surface area contributed by atoms with Crippen molar-refractivity contribution < 1.29 is 16.8 Å². The van der Waals surface area contributed by atoms with Gasteiger partial charge in [-0.25, -0.2) is 16.8 Å². The summed E-state index contributed by atoms with van der Waals surface area (Å²) in [6.45, 7) is 0. The molecule has 1 aromatic heterocycles. The maximum Gasteiger partial charge on any atom is 0.239 e. The fraction of sp³-hybridized carbons (Fsp3) is 0.125. The first-order valence-electron chi connectivity index (χ1n) is 7.69. The van der Waals surface area contributed by atoms with E-state index in [1.807, 2.05) is 0 Å². The van der Waals surface area contributed by atoms with Crippen LogP contribution in [0.15, 0.2) is 53.4 Å². The molecule has 3 aromatic rings. The van der Waals surface area contributed by atoms with E-state index >= 15 is 0 Å². The van der Waals surface area contributed by atoms with Gasteiger partial charge in [-0.3, -0.25) is 4.72 Å². The van der Waals surface area contributed by atoms with Crippen LogP contribution in [0.25, 0.3) is 0 Å². The van der Waals surface area contributed by atoms with Crippen LogP contribution in [0.5, 0.6) is 0 Å². The highest BCUT2D eigenvalue weighted by molar-refractivity contribution is 7.92. The Bertz CT molecular complexity index is 1180. The highest BCUT2D eigenvalue weighted by atomic mass is 35.5. The van der Waals surface area contributed by atoms with E-state index in [-0.39, 0.29) is 20.7 Å². The van der Waals surface area contributed by atoms with Crippen molar-refractivity contribution in [1.82, 2.24) is 10.2 Å². The smallest absolute Gasteiger partial charge is 0.239 e. The highest BCUT2D eigenvalue weighted by Crippen LogP contribution is 2.22. The zero-order valence-corrected chi connectivity index (χ0v) is 18.0. The lowest BCUT2D eigenvalue weighted by molar-refractivity contribution is 0.594. The molecule has 0 amide bonds. The number of benzene rings is 2. The molecule has 7 nitrogen and oxygen atoms in total. The maximum absolute atomic E-state index is 12.4. The van der Waals surface area contributed by atoms with Crippen molar-refractivity contribution in [2.24, 2.45) is 0 Å². The molecular weight excluding hydrogens is 465 g/mol. The molecule has 1 N–H and O–H groups in total. The van der Waals surface area contributed by atoms with Crippen molar-refractivity contribution in [2.75, 3.05) is 4.72 Å². The Morgan fingerprint density at radius 1 is 0.786 bits per heavy atom. The Labute approximate surface area is 176 Å². The predicted molar refractivity (Wildman–Crippen MR) is 110 cm³/mol. The van der Waals surface area contributed by atoms with Crippen molar-refractivity contribution in [3.8, 4) is 0 Å². The van der Waals surface area contributed by atoms with Gasteiger partial charge in [0.05, 0.1) is 4.90 Å². The van der Waals surface area contributed by atoms with Crippen LogP contribution in [0.1, 0.15) is 10.0 Å². The molecule has 1 heterocycles. The number of hydrogen-bond acceptors (Lipinski definition) is 7. The van der Waals surface area contributed by atoms with Crippen LogP contribution in [0.3, 0.4) is 0 Å². The van der Waals surface area contributed by atoms with Gasteiger partial charge in [-0.1, -0.05) is 34.5 Å². The number of sulfone groups is 1. The maximum atomic E-state index is 12.4. The Morgan fingerprint density at radius 3 is 1.86 bits per heavy atom. The summed E-state index contributed by atoms with van der Waals surface area (Å²) in [6.07, 6.45) is 0. The summed E-state index contributed by atoms with van der Waals surface area (Å²) in [5, 5.41) is 8.89. The number of hydrogen-bond donors (Lipinski definition) is 1. The third-order valence-electron chi connectivity index (χ3n) is 3.43. The average Bonchev–Trinajstić information content (AvgIpc) is 3.02. The van der Waals surface area contributed by atoms with Gasteiger partial charge in [-0.15, -0.1) is 10.2 Å². The molecule has 0 saturated heterocycles. The summed E-state index contributed by atoms with van der Waals surface area (Å²) < 4.78 is 51.8. The molecule has 0 spiro atoms. The number of anilines is 1. The summed E-state index contributed by atoms with van der Waals surface area (Å²) in [7, 11) is -7.38. The van der Waals surface area contributed by atoms with Crippen LogP contribution in [0.4, 0.5) is 5.69 Å². The lowest BCUT2D eigenvalue weighted by Gasteiger charge is -2.06. The van der Waals surface area contributed by atoms with Crippen LogP contribution in [-0.4, -0.2) is 27.0 Å². The highest BCUT2D eigenvalue weighted by Gasteiger charge is 2.20. The van der Waals surface area contributed by atoms with E-state index in [0.29, 0.717) is 15.7 Å². The van der Waals surface area contributed by atoms with Gasteiger partial charge in [0.15, 0.2) is 9.84 Å². The van der Waals surface area contributed by atoms with Gasteiger partial charge >= 0.3 is 0 Å². The molecule has 12 heteroatoms. The second-order valence-corrected chi connectivity index (χ2v) is 11.4. The first-order chi connectivity index (χ1) is 13.1. The van der Waals surface area contributed by atoms with Gasteiger partial charge in [0.2, 0.25) is 10.0 Å². The van der Waals surface area contributed by atoms with E-state index in [0.717, 1.165) is 11.3 Å². The van der Waals surface area contributed by atoms with E-state index < -0.39 is 25.6 Å². The Kier molecular flexibility index (Phi) is 6.25. The molecule has 28 heavy (non-hydrogen) atoms. The zero-order valence-electron chi connectivity index (χ0n) is 14.0. The standard InChI is InChI=1S/C16H13Cl2N3O4S3/c17-11-1-5-13(6-2-11)21-28(24,25)10-16-20-19-15(26-16)9-27(22,23)14-7-3-12(18)4-8-14/h1-8,21H,9-10H2. The van der Waals surface area contributed by atoms with E-state index in [1.54, 1.807) is 12.1 Å². The number of halogens is 2. The Morgan fingerprint density at radius 2 is 1.29 bits per heavy atom. The molecule has 0 aliphatic rings. The molecule has 0 fully saturated rings. The molecule has 2 aromatic carbocycles. The zero-order chi connectivity index (χ0) is 20.4. The molecule has 0 saturated carbocycles. The minimum Gasteiger partial charge on any atom is -0.283 e. The summed E-state index contributed by atoms with van der Waals surface area (Å²) in [4.78, 5) is 0.102. The van der Waals surface area contributed by atoms with Gasteiger partial charge in [0, 0.05) is 15.7 Å². The van der Waals surface area contributed by atoms with Crippen molar-refractivity contribution in [1.29, 1.82) is 0 Å². The average molecular weight is 478 g/mol. The summed E-state index contributed by atoms with van der Waals surface area (Å²) in [5.74, 6) is -0.800. The molecule has 0 radical (unpaired) electrons. The van der Waals surface area contributed by atoms with E-state index in [2.05, 4.69) is 14.9 Å². The molecule has 3 rings (SSSR count). The second-order valence-electron chi connectivity index (χ2n) is 5.67. The third kappa shape index (κ3) is 5.65. The number of aromatic nitrogens is 2. The van der Waals surface area contributed by atoms with Crippen molar-refractivity contribution in [2.45, 2.75) is 16.4 Å². The lowest BCUT2D eigenvalue weighted by Crippen LogP contribution is -2.14. The van der Waals surface area contributed by atoms with Crippen LogP contribution >= 0.6 is 34.5 Å². The van der Waals surface area contributed by atoms with E-state index in [1.165, 1.54) is 36.4 Å². The molecule has 0 unspecified atom stereocenters. The second kappa shape index (κ2) is 8.34. The van der Waals surface area contributed by atoms with Crippen LogP contribution in [0, 0.1) is 0 Å². The van der Waals surface area contributed by atoms with Crippen LogP contribution < -0.4 is 4.72 Å². The van der Waals surface area contributed by atoms with Gasteiger partial charge in [0.25, 0.3) is 0 Å². The number of rotatable bonds is 7. The fourth-order valence-electron chi connectivity index (χ4n) is 2.19. The number of sulfonamides is 1. The number of nitrogens with one attached hydrogen (secondary N) is 1. The van der Waals surface area contributed by atoms with Crippen LogP contribution in [-0.2, 0) is 31.4 Å². The predicted octanol–water partition coefficient (Wildman–Crippen LogP) is 3.76. The Hall–Kier alpha value is -1.72. The topological polar surface area (TPSA) is 106 Å². The molecule has 148 valence electrons. The van der Waals surface area contributed by atoms with Gasteiger partial charge in [-0.05, 0) is 48.5 Å². The monoisotopic (exact) mass is 477 g/mol. The third-order valence-corrected chi connectivity index (χ3v) is 8.06. The largest absolute Gasteiger partial charge is 0.283 e. The first-order valence-corrected chi connectivity index (χ1v) is 12.6. The van der Waals surface area contributed by atoms with Gasteiger partial charge in [0.1, 0.15) is 21.5 Å². The van der Waals surface area contributed by atoms with Crippen molar-refractivity contribution in [3.05, 3.63) is 68.6 Å². The minimum atomic E-state index is -3.74. The molecule has 0 bridgehead atoms. The van der Waals surface area contributed by atoms with E-state index in [9.17, 15) is 16.8 Å². The Balaban J connectivity index is 1.69. The van der Waals surface area contributed by atoms with Crippen molar-refractivity contribution >= 4 is 60.1 Å². The van der Waals surface area contributed by atoms with Gasteiger partial charge < -0.3 is 0 Å². The molecular formula is C16H13Cl2N3O4S3. The lowest BCUT2D eigenvalue weighted by atomic mass is 10.3. The number of nitrogens with zero attached hydrogens (tertiary/aromatic N) is 2. The SMILES string of the molecule is O=S(=O)(Cc1nnc(CS(=O)(=O)c2ccc(Cl)cc2)s1)Nc1ccc(Cl)cc1. The summed E-state index contributed by atoms with van der Waals surface area (Å²) in [5.41, 5.74) is 0.361. The molecule has 0 atom stereocenters. The normalized spacial score (nSPS) is 12.1. The first kappa shape index (κ1) is 21.0. The van der Waals surface area contributed by atoms with E-state index in [4.69, 9.17) is 23.2 Å². The fourth-order valence-corrected chi connectivity index (χ4v) is 6.33. The summed E-state index contributed by atoms with van der Waals surface area (Å²) >= 11 is 12.5. The summed E-state index contributed by atoms with van der Waals surface area (Å²) in [6, 6.07) is 12.0. The van der Waals surface area contributed by atoms with Gasteiger partial charge in [-0.2, -0.15) is 0 Å². The molecule has 0 aliphatic carbocycles. The van der Waals surface area contributed by atoms with Crippen LogP contribution in [0.2, 0.25) is 10.0 Å². The molecule has 0 aliphatic heterocycles.